The van der Waals surface area contributed by atoms with Gasteiger partial charge in [0.05, 0.1) is 26.9 Å². The Balaban J connectivity index is 0.833. The Morgan fingerprint density at radius 3 is 1.94 bits per heavy atom. The van der Waals surface area contributed by atoms with Crippen LogP contribution in [0.25, 0.3) is 109 Å². The molecule has 2 atom stereocenters. The van der Waals surface area contributed by atoms with Gasteiger partial charge in [-0.15, -0.1) is 0 Å². The molecule has 67 heavy (non-hydrogen) atoms. The van der Waals surface area contributed by atoms with Gasteiger partial charge in [-0.2, -0.15) is 0 Å². The fraction of sp³-hybridized carbons (Fsp3) is 0.0727. The zero-order chi connectivity index (χ0) is 44.2. The van der Waals surface area contributed by atoms with E-state index >= 15 is 0 Å². The lowest BCUT2D eigenvalue weighted by Crippen LogP contribution is -2.44. The minimum Gasteiger partial charge on any atom is -0.485 e. The maximum Gasteiger partial charge on any atom is 0.281 e. The van der Waals surface area contributed by atoms with E-state index in [1.165, 1.54) is 0 Å². The van der Waals surface area contributed by atoms with Gasteiger partial charge in [0, 0.05) is 11.6 Å². The summed E-state index contributed by atoms with van der Waals surface area (Å²) in [5.74, 6) is 2.21. The number of benzene rings is 9. The lowest BCUT2D eigenvalue weighted by molar-refractivity contribution is -0.0726. The molecule has 12 heteroatoms. The summed E-state index contributed by atoms with van der Waals surface area (Å²) in [7, 11) is 0. The molecule has 12 nitrogen and oxygen atoms in total. The average Bonchev–Trinajstić information content (AvgIpc) is 4.02. The third-order valence-corrected chi connectivity index (χ3v) is 13.3. The molecule has 0 saturated heterocycles. The summed E-state index contributed by atoms with van der Waals surface area (Å²) >= 11 is 0. The van der Waals surface area contributed by atoms with Gasteiger partial charge in [0.15, 0.2) is 34.3 Å². The normalized spacial score (nSPS) is 16.2. The molecule has 9 aromatic carbocycles. The minimum atomic E-state index is -1.02. The van der Waals surface area contributed by atoms with Crippen molar-refractivity contribution in [1.82, 2.24) is 0 Å². The van der Waals surface area contributed by atoms with Crippen molar-refractivity contribution in [3.63, 3.8) is 0 Å². The van der Waals surface area contributed by atoms with Crippen molar-refractivity contribution in [1.29, 1.82) is 0 Å². The lowest BCUT2D eigenvalue weighted by Gasteiger charge is -2.29. The van der Waals surface area contributed by atoms with E-state index < -0.39 is 12.4 Å². The highest BCUT2D eigenvalue weighted by Gasteiger charge is 2.40. The fourth-order valence-electron chi connectivity index (χ4n) is 10.2. The van der Waals surface area contributed by atoms with Gasteiger partial charge in [-0.3, -0.25) is 14.4 Å². The first kappa shape index (κ1) is 36.3. The van der Waals surface area contributed by atoms with Gasteiger partial charge in [0.2, 0.25) is 34.9 Å². The molecule has 0 N–H and O–H groups in total. The molecule has 12 aromatic rings. The standard InChI is InChI=1S/C55H28O12/c56-48-31-13-16-39-54(67-55(66-39)43-23-59-38-18-17-37-47(53(38)65-43)50(58)44-29-7-3-1-5-25(29)11-14-35(44)62-37)52(31)63-36-15-12-26-9-10-28(19-32(26)45(36)48)33-20-27-6-2-4-8-30(27)46-49(57)34-21-41-42(61-24-60-41)22-40(34)64-51(33)46/h1-22,43,55H,23-24H2. The summed E-state index contributed by atoms with van der Waals surface area (Å²) in [6.07, 6.45) is -1.84. The second-order valence-electron chi connectivity index (χ2n) is 17.0. The maximum atomic E-state index is 14.8. The Bertz CT molecular complexity index is 4450. The van der Waals surface area contributed by atoms with E-state index in [9.17, 15) is 14.4 Å². The monoisotopic (exact) mass is 880 g/mol. The third kappa shape index (κ3) is 5.03. The molecule has 0 bridgehead atoms. The quantitative estimate of drug-likeness (QED) is 0.120. The van der Waals surface area contributed by atoms with E-state index in [1.54, 1.807) is 48.5 Å². The van der Waals surface area contributed by atoms with Gasteiger partial charge in [0.1, 0.15) is 39.9 Å². The average molecular weight is 881 g/mol. The van der Waals surface area contributed by atoms with Gasteiger partial charge < -0.3 is 41.7 Å². The van der Waals surface area contributed by atoms with Gasteiger partial charge in [-0.25, -0.2) is 0 Å². The molecule has 3 aromatic heterocycles. The molecule has 0 aliphatic carbocycles. The van der Waals surface area contributed by atoms with Crippen LogP contribution in [0.1, 0.15) is 0 Å². The molecule has 320 valence electrons. The summed E-state index contributed by atoms with van der Waals surface area (Å²) in [6.45, 7) is 0.109. The third-order valence-electron chi connectivity index (χ3n) is 13.3. The van der Waals surface area contributed by atoms with Crippen molar-refractivity contribution in [3.8, 4) is 45.6 Å². The van der Waals surface area contributed by atoms with Gasteiger partial charge in [-0.1, -0.05) is 72.8 Å². The molecule has 0 fully saturated rings. The van der Waals surface area contributed by atoms with Crippen molar-refractivity contribution in [2.24, 2.45) is 0 Å². The van der Waals surface area contributed by atoms with Crippen molar-refractivity contribution in [3.05, 3.63) is 164 Å². The van der Waals surface area contributed by atoms with Crippen molar-refractivity contribution in [2.75, 3.05) is 13.4 Å². The molecule has 0 amide bonds. The van der Waals surface area contributed by atoms with E-state index in [4.69, 9.17) is 41.7 Å². The summed E-state index contributed by atoms with van der Waals surface area (Å²) in [5.41, 5.74) is 2.85. The Morgan fingerprint density at radius 1 is 0.403 bits per heavy atom. The van der Waals surface area contributed by atoms with E-state index in [0.29, 0.717) is 83.4 Å². The first-order chi connectivity index (χ1) is 32.9. The summed E-state index contributed by atoms with van der Waals surface area (Å²) in [5, 5.41) is 6.93. The molecule has 15 rings (SSSR count). The highest BCUT2D eigenvalue weighted by Crippen LogP contribution is 2.46. The van der Waals surface area contributed by atoms with Crippen LogP contribution in [0.5, 0.6) is 34.5 Å². The maximum absolute atomic E-state index is 14.8. The molecule has 0 spiro atoms. The van der Waals surface area contributed by atoms with Crippen LogP contribution in [0.4, 0.5) is 0 Å². The molecule has 3 aliphatic rings. The molecular formula is C55H28O12. The van der Waals surface area contributed by atoms with Crippen LogP contribution in [0.15, 0.2) is 161 Å². The number of hydrogen-bond donors (Lipinski definition) is 0. The second kappa shape index (κ2) is 13.0. The zero-order valence-electron chi connectivity index (χ0n) is 34.7. The van der Waals surface area contributed by atoms with Crippen molar-refractivity contribution in [2.45, 2.75) is 12.4 Å². The second-order valence-corrected chi connectivity index (χ2v) is 17.0. The molecule has 3 aliphatic heterocycles. The lowest BCUT2D eigenvalue weighted by atomic mass is 9.94. The first-order valence-corrected chi connectivity index (χ1v) is 21.6. The van der Waals surface area contributed by atoms with Crippen LogP contribution in [0.2, 0.25) is 0 Å². The number of rotatable bonds is 2. The van der Waals surface area contributed by atoms with Gasteiger partial charge in [0.25, 0.3) is 6.29 Å². The Hall–Kier alpha value is -9.03. The van der Waals surface area contributed by atoms with Crippen LogP contribution in [-0.2, 0) is 0 Å². The molecule has 0 saturated carbocycles. The van der Waals surface area contributed by atoms with E-state index in [2.05, 4.69) is 0 Å². The smallest absolute Gasteiger partial charge is 0.281 e. The fourth-order valence-corrected chi connectivity index (χ4v) is 10.2. The molecular weight excluding hydrogens is 853 g/mol. The SMILES string of the molecule is O=c1c2ccc3c(c2oc2ccc4ccc(-c5cc6ccccc6c6c(=O)c7cc8c(cc7oc56)OCO8)cc4c12)OC(C1COc2ccc4oc5ccc6ccccc6c5c(=O)c4c2O1)O3. The van der Waals surface area contributed by atoms with E-state index in [0.717, 1.165) is 32.5 Å². The first-order valence-electron chi connectivity index (χ1n) is 21.6. The molecule has 0 radical (unpaired) electrons. The van der Waals surface area contributed by atoms with Gasteiger partial charge in [-0.05, 0) is 92.5 Å². The predicted octanol–water partition coefficient (Wildman–Crippen LogP) is 11.3. The summed E-state index contributed by atoms with van der Waals surface area (Å²) in [6, 6.07) is 40.7. The van der Waals surface area contributed by atoms with Crippen molar-refractivity contribution < 1.29 is 41.7 Å². The number of fused-ring (bicyclic) bond motifs is 17. The Labute approximate surface area is 374 Å². The van der Waals surface area contributed by atoms with Crippen LogP contribution in [0, 0.1) is 0 Å². The topological polar surface area (TPSA) is 146 Å². The largest absolute Gasteiger partial charge is 0.485 e. The van der Waals surface area contributed by atoms with Crippen LogP contribution in [0.3, 0.4) is 0 Å². The molecule has 2 unspecified atom stereocenters. The highest BCUT2D eigenvalue weighted by molar-refractivity contribution is 6.16. The van der Waals surface area contributed by atoms with E-state index in [1.807, 2.05) is 84.9 Å². The zero-order valence-corrected chi connectivity index (χ0v) is 34.7. The Morgan fingerprint density at radius 2 is 1.07 bits per heavy atom. The number of hydrogen-bond acceptors (Lipinski definition) is 12. The van der Waals surface area contributed by atoms with Crippen molar-refractivity contribution >= 4 is 98.1 Å². The van der Waals surface area contributed by atoms with Gasteiger partial charge >= 0.3 is 0 Å². The van der Waals surface area contributed by atoms with Crippen LogP contribution < -0.4 is 44.7 Å². The molecule has 6 heterocycles. The summed E-state index contributed by atoms with van der Waals surface area (Å²) < 4.78 is 56.1. The highest BCUT2D eigenvalue weighted by atomic mass is 16.7. The van der Waals surface area contributed by atoms with Crippen LogP contribution >= 0.6 is 0 Å². The minimum absolute atomic E-state index is 0.0512. The Kier molecular flexibility index (Phi) is 7.07. The van der Waals surface area contributed by atoms with E-state index in [-0.39, 0.29) is 57.5 Å². The predicted molar refractivity (Wildman–Crippen MR) is 253 cm³/mol. The number of ether oxygens (including phenoxy) is 6. The van der Waals surface area contributed by atoms with Crippen LogP contribution in [-0.4, -0.2) is 25.8 Å². The summed E-state index contributed by atoms with van der Waals surface area (Å²) in [4.78, 5) is 43.4.